The van der Waals surface area contributed by atoms with Crippen molar-refractivity contribution >= 4 is 24.1 Å². The van der Waals surface area contributed by atoms with Gasteiger partial charge in [0.25, 0.3) is 0 Å². The van der Waals surface area contributed by atoms with Gasteiger partial charge in [0.15, 0.2) is 23.0 Å². The summed E-state index contributed by atoms with van der Waals surface area (Å²) < 4.78 is 5.40. The van der Waals surface area contributed by atoms with Gasteiger partial charge in [-0.1, -0.05) is 0 Å². The van der Waals surface area contributed by atoms with Crippen molar-refractivity contribution in [3.8, 4) is 23.0 Å². The van der Waals surface area contributed by atoms with E-state index in [1.807, 2.05) is 0 Å². The van der Waals surface area contributed by atoms with Crippen LogP contribution in [0.15, 0.2) is 34.1 Å². The fraction of sp³-hybridized carbons (Fsp3) is 0.143. The van der Waals surface area contributed by atoms with E-state index >= 15 is 0 Å². The lowest BCUT2D eigenvalue weighted by molar-refractivity contribution is 0.399. The molecule has 0 saturated carbocycles. The summed E-state index contributed by atoms with van der Waals surface area (Å²) in [4.78, 5) is 1.33. The third kappa shape index (κ3) is 3.31. The lowest BCUT2D eigenvalue weighted by atomic mass is 10.2. The Bertz CT molecular complexity index is 615. The maximum absolute atomic E-state index is 9.63. The maximum Gasteiger partial charge on any atom is 0.161 e. The van der Waals surface area contributed by atoms with Gasteiger partial charge in [0.1, 0.15) is 0 Å². The van der Waals surface area contributed by atoms with Crippen LogP contribution in [0.25, 0.3) is 0 Å². The van der Waals surface area contributed by atoms with Crippen LogP contribution in [0, 0.1) is 13.8 Å². The summed E-state index contributed by atoms with van der Waals surface area (Å²) in [5.74, 6) is -0.702. The van der Waals surface area contributed by atoms with Gasteiger partial charge in [0, 0.05) is 45.0 Å². The molecule has 0 radical (unpaired) electrons. The summed E-state index contributed by atoms with van der Waals surface area (Å²) in [6.45, 7) is 3.34. The van der Waals surface area contributed by atoms with Crippen molar-refractivity contribution in [2.24, 2.45) is 0 Å². The number of phenolic OH excluding ortho intramolecular Hbond substituents is 4. The zero-order chi connectivity index (χ0) is 15.6. The highest BCUT2D eigenvalue weighted by Crippen LogP contribution is 2.41. The minimum Gasteiger partial charge on any atom is -0.504 e. The quantitative estimate of drug-likeness (QED) is 0.501. The van der Waals surface area contributed by atoms with Crippen molar-refractivity contribution < 1.29 is 24.1 Å². The minimum atomic E-state index is -0.177. The molecule has 0 aliphatic rings. The Hall–Kier alpha value is -1.70. The summed E-state index contributed by atoms with van der Waals surface area (Å²) in [6.07, 6.45) is 0. The molecule has 0 spiro atoms. The van der Waals surface area contributed by atoms with Crippen molar-refractivity contribution in [3.63, 3.8) is 0 Å². The Balaban J connectivity index is 2.06. The van der Waals surface area contributed by atoms with Crippen molar-refractivity contribution in [1.29, 1.82) is 0 Å². The Morgan fingerprint density at radius 2 is 1.10 bits per heavy atom. The lowest BCUT2D eigenvalue weighted by Gasteiger charge is -2.09. The molecule has 21 heavy (non-hydrogen) atoms. The molecule has 7 heteroatoms. The number of benzene rings is 2. The Kier molecular flexibility index (Phi) is 4.76. The number of hydrogen-bond acceptors (Lipinski definition) is 7. The maximum atomic E-state index is 9.63. The zero-order valence-corrected chi connectivity index (χ0v) is 13.0. The minimum absolute atomic E-state index is 0.174. The molecule has 4 N–H and O–H groups in total. The van der Waals surface area contributed by atoms with Gasteiger partial charge < -0.3 is 20.4 Å². The van der Waals surface area contributed by atoms with Gasteiger partial charge in [0.05, 0.1) is 0 Å². The molecule has 0 amide bonds. The van der Waals surface area contributed by atoms with E-state index in [1.54, 1.807) is 26.0 Å². The molecule has 2 aromatic rings. The van der Waals surface area contributed by atoms with Gasteiger partial charge in [-0.05, 0) is 38.1 Å². The van der Waals surface area contributed by atoms with Crippen molar-refractivity contribution in [1.82, 2.24) is 0 Å². The normalized spacial score (nSPS) is 10.8. The van der Waals surface area contributed by atoms with Gasteiger partial charge in [0.2, 0.25) is 0 Å². The number of aromatic hydroxyl groups is 4. The van der Waals surface area contributed by atoms with Crippen LogP contribution in [-0.2, 0) is 3.63 Å². The molecule has 2 rings (SSSR count). The fourth-order valence-electron chi connectivity index (χ4n) is 1.61. The van der Waals surface area contributed by atoms with Crippen molar-refractivity contribution in [2.75, 3.05) is 0 Å². The predicted octanol–water partition coefficient (Wildman–Crippen LogP) is 3.86. The lowest BCUT2D eigenvalue weighted by Crippen LogP contribution is -1.83. The van der Waals surface area contributed by atoms with Gasteiger partial charge in [-0.2, -0.15) is 0 Å². The van der Waals surface area contributed by atoms with E-state index in [-0.39, 0.29) is 23.0 Å². The highest BCUT2D eigenvalue weighted by molar-refractivity contribution is 8.08. The number of rotatable bonds is 4. The Morgan fingerprint density at radius 1 is 0.714 bits per heavy atom. The molecule has 0 unspecified atom stereocenters. The van der Waals surface area contributed by atoms with Crippen LogP contribution in [-0.4, -0.2) is 20.4 Å². The second kappa shape index (κ2) is 6.38. The molecule has 0 aliphatic heterocycles. The van der Waals surface area contributed by atoms with Gasteiger partial charge in [-0.3, -0.25) is 0 Å². The highest BCUT2D eigenvalue weighted by Gasteiger charge is 2.12. The molecule has 2 aromatic carbocycles. The molecular formula is C14H14O5S2. The smallest absolute Gasteiger partial charge is 0.161 e. The fourth-order valence-corrected chi connectivity index (χ4v) is 3.02. The van der Waals surface area contributed by atoms with Crippen LogP contribution in [0.5, 0.6) is 23.0 Å². The number of hydrogen-bond donors (Lipinski definition) is 4. The topological polar surface area (TPSA) is 90.2 Å². The second-order valence-electron chi connectivity index (χ2n) is 4.35. The van der Waals surface area contributed by atoms with E-state index in [0.29, 0.717) is 20.9 Å². The predicted molar refractivity (Wildman–Crippen MR) is 81.8 cm³/mol. The first-order valence-corrected chi connectivity index (χ1v) is 7.44. The molecular weight excluding hydrogens is 312 g/mol. The Morgan fingerprint density at radius 3 is 1.48 bits per heavy atom. The third-order valence-electron chi connectivity index (χ3n) is 2.97. The van der Waals surface area contributed by atoms with Gasteiger partial charge >= 0.3 is 0 Å². The standard InChI is InChI=1S/C14H14O5S2/c1-7-11(5-3-9(15)13(7)17)20-19-21-12-6-4-10(16)14(18)8(12)2/h3-6,15-18H,1-2H3. The highest BCUT2D eigenvalue weighted by atomic mass is 32.2. The molecule has 5 nitrogen and oxygen atoms in total. The van der Waals surface area contributed by atoms with Crippen molar-refractivity contribution in [2.45, 2.75) is 23.6 Å². The van der Waals surface area contributed by atoms with Crippen LogP contribution >= 0.6 is 24.1 Å². The van der Waals surface area contributed by atoms with E-state index in [9.17, 15) is 20.4 Å². The Labute approximate surface area is 130 Å². The number of phenols is 4. The second-order valence-corrected chi connectivity index (χ2v) is 6.10. The molecule has 0 bridgehead atoms. The SMILES string of the molecule is Cc1c(SOSc2ccc(O)c(O)c2C)ccc(O)c1O. The molecule has 112 valence electrons. The van der Waals surface area contributed by atoms with Crippen LogP contribution in [0.2, 0.25) is 0 Å². The molecule has 0 aromatic heterocycles. The molecule has 0 aliphatic carbocycles. The summed E-state index contributed by atoms with van der Waals surface area (Å²) in [5, 5.41) is 38.0. The summed E-state index contributed by atoms with van der Waals surface area (Å²) in [7, 11) is 0. The van der Waals surface area contributed by atoms with Crippen LogP contribution in [0.1, 0.15) is 11.1 Å². The van der Waals surface area contributed by atoms with E-state index < -0.39 is 0 Å². The van der Waals surface area contributed by atoms with Crippen LogP contribution < -0.4 is 0 Å². The summed E-state index contributed by atoms with van der Waals surface area (Å²) in [6, 6.07) is 6.04. The first-order valence-electron chi connectivity index (χ1n) is 5.96. The average Bonchev–Trinajstić information content (AvgIpc) is 2.47. The summed E-state index contributed by atoms with van der Waals surface area (Å²) >= 11 is 2.06. The average molecular weight is 326 g/mol. The van der Waals surface area contributed by atoms with Gasteiger partial charge in [-0.15, -0.1) is 0 Å². The van der Waals surface area contributed by atoms with E-state index in [2.05, 4.69) is 0 Å². The third-order valence-corrected chi connectivity index (χ3v) is 4.76. The molecule has 0 atom stereocenters. The van der Waals surface area contributed by atoms with Gasteiger partial charge in [-0.25, -0.2) is 3.63 Å². The summed E-state index contributed by atoms with van der Waals surface area (Å²) in [5.41, 5.74) is 1.04. The first kappa shape index (κ1) is 15.7. The van der Waals surface area contributed by atoms with Crippen LogP contribution in [0.4, 0.5) is 0 Å². The zero-order valence-electron chi connectivity index (χ0n) is 11.3. The molecule has 0 heterocycles. The largest absolute Gasteiger partial charge is 0.504 e. The first-order chi connectivity index (χ1) is 9.91. The van der Waals surface area contributed by atoms with E-state index in [1.165, 1.54) is 12.1 Å². The van der Waals surface area contributed by atoms with E-state index in [0.717, 1.165) is 24.1 Å². The van der Waals surface area contributed by atoms with E-state index in [4.69, 9.17) is 3.63 Å². The monoisotopic (exact) mass is 326 g/mol. The van der Waals surface area contributed by atoms with Crippen molar-refractivity contribution in [3.05, 3.63) is 35.4 Å². The molecule has 0 fully saturated rings. The van der Waals surface area contributed by atoms with Crippen LogP contribution in [0.3, 0.4) is 0 Å². The molecule has 0 saturated heterocycles.